The number of nitrogens with zero attached hydrogens (tertiary/aromatic N) is 3. The molecule has 0 radical (unpaired) electrons. The molecular formula is C25H31ClN4O5S. The molecule has 0 aliphatic carbocycles. The minimum Gasteiger partial charge on any atom is -0.495 e. The van der Waals surface area contributed by atoms with Crippen LogP contribution in [0.25, 0.3) is 0 Å². The highest BCUT2D eigenvalue weighted by Crippen LogP contribution is 2.32. The van der Waals surface area contributed by atoms with Crippen LogP contribution in [0.2, 0.25) is 5.02 Å². The van der Waals surface area contributed by atoms with E-state index in [9.17, 15) is 18.0 Å². The minimum absolute atomic E-state index is 0.0147. The van der Waals surface area contributed by atoms with Gasteiger partial charge in [0.1, 0.15) is 10.6 Å². The molecule has 2 amide bonds. The van der Waals surface area contributed by atoms with Gasteiger partial charge in [-0.15, -0.1) is 0 Å². The maximum Gasteiger partial charge on any atom is 0.253 e. The van der Waals surface area contributed by atoms with E-state index in [-0.39, 0.29) is 34.0 Å². The molecule has 0 saturated carbocycles. The highest BCUT2D eigenvalue weighted by molar-refractivity contribution is 7.89. The zero-order chi connectivity index (χ0) is 25.9. The maximum absolute atomic E-state index is 13.3. The third kappa shape index (κ3) is 5.83. The number of carbonyl (C=O) groups is 2. The van der Waals surface area contributed by atoms with E-state index in [1.54, 1.807) is 30.3 Å². The Morgan fingerprint density at radius 2 is 1.72 bits per heavy atom. The van der Waals surface area contributed by atoms with E-state index in [2.05, 4.69) is 10.2 Å². The maximum atomic E-state index is 13.3. The van der Waals surface area contributed by atoms with Crippen LogP contribution in [0.4, 0.5) is 5.69 Å². The zero-order valence-corrected chi connectivity index (χ0v) is 22.0. The first-order valence-corrected chi connectivity index (χ1v) is 13.7. The number of halogens is 1. The lowest BCUT2D eigenvalue weighted by Crippen LogP contribution is -2.47. The molecule has 0 spiro atoms. The third-order valence-corrected chi connectivity index (χ3v) is 8.81. The second-order valence-corrected chi connectivity index (χ2v) is 11.5. The van der Waals surface area contributed by atoms with Crippen molar-refractivity contribution in [3.63, 3.8) is 0 Å². The average molecular weight is 535 g/mol. The number of ether oxygens (including phenoxy) is 1. The first kappa shape index (κ1) is 26.4. The number of nitrogens with one attached hydrogen (secondary N) is 1. The van der Waals surface area contributed by atoms with Crippen molar-refractivity contribution in [2.75, 3.05) is 58.7 Å². The van der Waals surface area contributed by atoms with E-state index in [0.717, 1.165) is 13.1 Å². The summed E-state index contributed by atoms with van der Waals surface area (Å²) in [7, 11) is -0.460. The van der Waals surface area contributed by atoms with E-state index in [1.807, 2.05) is 11.9 Å². The molecule has 1 atom stereocenters. The van der Waals surface area contributed by atoms with Gasteiger partial charge in [0.05, 0.1) is 13.0 Å². The average Bonchev–Trinajstić information content (AvgIpc) is 2.89. The molecule has 2 fully saturated rings. The Morgan fingerprint density at radius 3 is 2.39 bits per heavy atom. The van der Waals surface area contributed by atoms with Crippen molar-refractivity contribution in [3.05, 3.63) is 53.1 Å². The molecule has 36 heavy (non-hydrogen) atoms. The Balaban J connectivity index is 1.40. The van der Waals surface area contributed by atoms with Gasteiger partial charge in [-0.05, 0) is 62.4 Å². The number of benzene rings is 2. The van der Waals surface area contributed by atoms with Crippen molar-refractivity contribution in [2.45, 2.75) is 17.7 Å². The normalized spacial score (nSPS) is 19.6. The summed E-state index contributed by atoms with van der Waals surface area (Å²) in [4.78, 5) is 29.7. The van der Waals surface area contributed by atoms with Crippen molar-refractivity contribution in [1.29, 1.82) is 0 Å². The number of methoxy groups -OCH3 is 1. The number of piperazine rings is 1. The fraction of sp³-hybridized carbons (Fsp3) is 0.440. The van der Waals surface area contributed by atoms with Crippen LogP contribution < -0.4 is 10.1 Å². The molecule has 0 aromatic heterocycles. The summed E-state index contributed by atoms with van der Waals surface area (Å²) in [5.74, 6) is -0.584. The summed E-state index contributed by atoms with van der Waals surface area (Å²) < 4.78 is 33.2. The molecule has 2 aliphatic rings. The number of hydrogen-bond acceptors (Lipinski definition) is 6. The van der Waals surface area contributed by atoms with Gasteiger partial charge in [0.2, 0.25) is 15.9 Å². The van der Waals surface area contributed by atoms with Crippen LogP contribution in [-0.4, -0.2) is 87.8 Å². The van der Waals surface area contributed by atoms with Gasteiger partial charge >= 0.3 is 0 Å². The van der Waals surface area contributed by atoms with E-state index < -0.39 is 15.9 Å². The quantitative estimate of drug-likeness (QED) is 0.612. The van der Waals surface area contributed by atoms with Crippen molar-refractivity contribution in [2.24, 2.45) is 5.92 Å². The summed E-state index contributed by atoms with van der Waals surface area (Å²) in [6.07, 6.45) is 1.13. The summed E-state index contributed by atoms with van der Waals surface area (Å²) in [6, 6.07) is 11.3. The number of likely N-dealkylation sites (N-methyl/N-ethyl adjacent to an activating group) is 1. The predicted molar refractivity (Wildman–Crippen MR) is 138 cm³/mol. The SMILES string of the molecule is COc1ccc(Cl)cc1S(=O)(=O)N1CCCC(C(=O)Nc2ccc(C(=O)N3CCN(C)CC3)cc2)C1. The molecular weight excluding hydrogens is 504 g/mol. The van der Waals surface area contributed by atoms with E-state index in [4.69, 9.17) is 16.3 Å². The molecule has 2 aromatic rings. The Hall–Kier alpha value is -2.66. The molecule has 2 saturated heterocycles. The Morgan fingerprint density at radius 1 is 1.03 bits per heavy atom. The first-order valence-electron chi connectivity index (χ1n) is 11.9. The standard InChI is InChI=1S/C25H31ClN4O5S/c1-28-12-14-29(15-13-28)25(32)18-5-8-21(9-6-18)27-24(31)19-4-3-11-30(17-19)36(33,34)23-16-20(26)7-10-22(23)35-2/h5-10,16,19H,3-4,11-15,17H2,1-2H3,(H,27,31). The van der Waals surface area contributed by atoms with Gasteiger partial charge in [-0.1, -0.05) is 11.6 Å². The molecule has 11 heteroatoms. The Kier molecular flexibility index (Phi) is 8.19. The molecule has 0 bridgehead atoms. The second-order valence-electron chi connectivity index (χ2n) is 9.16. The minimum atomic E-state index is -3.90. The predicted octanol–water partition coefficient (Wildman–Crippen LogP) is 2.78. The largest absolute Gasteiger partial charge is 0.495 e. The fourth-order valence-corrected chi connectivity index (χ4v) is 6.44. The van der Waals surface area contributed by atoms with Crippen molar-refractivity contribution < 1.29 is 22.7 Å². The van der Waals surface area contributed by atoms with Gasteiger partial charge in [0, 0.05) is 55.5 Å². The van der Waals surface area contributed by atoms with Crippen LogP contribution in [0, 0.1) is 5.92 Å². The third-order valence-electron chi connectivity index (χ3n) is 6.69. The highest BCUT2D eigenvalue weighted by Gasteiger charge is 2.35. The number of rotatable bonds is 6. The van der Waals surface area contributed by atoms with Gasteiger partial charge in [-0.2, -0.15) is 4.31 Å². The Bertz CT molecular complexity index is 1210. The van der Waals surface area contributed by atoms with Gasteiger partial charge in [-0.3, -0.25) is 9.59 Å². The molecule has 194 valence electrons. The van der Waals surface area contributed by atoms with Crippen molar-refractivity contribution in [3.8, 4) is 5.75 Å². The fourth-order valence-electron chi connectivity index (χ4n) is 4.50. The number of piperidine rings is 1. The van der Waals surface area contributed by atoms with Crippen LogP contribution in [0.3, 0.4) is 0 Å². The highest BCUT2D eigenvalue weighted by atomic mass is 35.5. The lowest BCUT2D eigenvalue weighted by atomic mass is 9.98. The van der Waals surface area contributed by atoms with Crippen LogP contribution in [-0.2, 0) is 14.8 Å². The second kappa shape index (κ2) is 11.2. The van der Waals surface area contributed by atoms with Crippen LogP contribution in [0.1, 0.15) is 23.2 Å². The molecule has 4 rings (SSSR count). The van der Waals surface area contributed by atoms with Gasteiger partial charge < -0.3 is 19.9 Å². The lowest BCUT2D eigenvalue weighted by molar-refractivity contribution is -0.120. The molecule has 1 N–H and O–H groups in total. The topological polar surface area (TPSA) is 99.3 Å². The molecule has 2 aromatic carbocycles. The van der Waals surface area contributed by atoms with Crippen molar-refractivity contribution in [1.82, 2.24) is 14.1 Å². The molecule has 9 nitrogen and oxygen atoms in total. The number of carbonyl (C=O) groups excluding carboxylic acids is 2. The van der Waals surface area contributed by atoms with E-state index in [0.29, 0.717) is 43.7 Å². The van der Waals surface area contributed by atoms with Gasteiger partial charge in [0.15, 0.2) is 0 Å². The number of amides is 2. The molecule has 2 heterocycles. The number of anilines is 1. The van der Waals surface area contributed by atoms with Crippen molar-refractivity contribution >= 4 is 39.1 Å². The van der Waals surface area contributed by atoms with Crippen LogP contribution in [0.15, 0.2) is 47.4 Å². The number of sulfonamides is 1. The monoisotopic (exact) mass is 534 g/mol. The Labute approximate surface area is 217 Å². The number of hydrogen-bond donors (Lipinski definition) is 1. The van der Waals surface area contributed by atoms with Gasteiger partial charge in [0.25, 0.3) is 5.91 Å². The smallest absolute Gasteiger partial charge is 0.253 e. The van der Waals surface area contributed by atoms with E-state index in [1.165, 1.54) is 23.5 Å². The summed E-state index contributed by atoms with van der Waals surface area (Å²) in [6.45, 7) is 3.44. The molecule has 2 aliphatic heterocycles. The first-order chi connectivity index (χ1) is 17.2. The summed E-state index contributed by atoms with van der Waals surface area (Å²) in [5, 5.41) is 3.16. The lowest BCUT2D eigenvalue weighted by Gasteiger charge is -2.32. The summed E-state index contributed by atoms with van der Waals surface area (Å²) in [5.41, 5.74) is 1.13. The van der Waals surface area contributed by atoms with Gasteiger partial charge in [-0.25, -0.2) is 8.42 Å². The van der Waals surface area contributed by atoms with E-state index >= 15 is 0 Å². The molecule has 1 unspecified atom stereocenters. The summed E-state index contributed by atoms with van der Waals surface area (Å²) >= 11 is 6.04. The van der Waals surface area contributed by atoms with Crippen LogP contribution in [0.5, 0.6) is 5.75 Å². The van der Waals surface area contributed by atoms with Crippen LogP contribution >= 0.6 is 11.6 Å². The zero-order valence-electron chi connectivity index (χ0n) is 20.4.